The Morgan fingerprint density at radius 2 is 1.80 bits per heavy atom. The number of carbonyl (C=O) groups excluding carboxylic acids is 3. The molecule has 4 atom stereocenters. The first kappa shape index (κ1) is 25.4. The summed E-state index contributed by atoms with van der Waals surface area (Å²) in [4.78, 5) is 45.8. The zero-order valence-electron chi connectivity index (χ0n) is 23.3. The normalized spacial score (nSPS) is 25.0. The van der Waals surface area contributed by atoms with Crippen LogP contribution in [-0.4, -0.2) is 43.5 Å². The number of methoxy groups -OCH3 is 1. The lowest BCUT2D eigenvalue weighted by molar-refractivity contribution is -0.128. The Kier molecular flexibility index (Phi) is 5.39. The lowest BCUT2D eigenvalue weighted by Gasteiger charge is -2.38. The Balaban J connectivity index is 1.51. The van der Waals surface area contributed by atoms with E-state index in [1.807, 2.05) is 80.3 Å². The maximum absolute atomic E-state index is 14.9. The van der Waals surface area contributed by atoms with Crippen molar-refractivity contribution < 1.29 is 28.6 Å². The van der Waals surface area contributed by atoms with Gasteiger partial charge in [0.1, 0.15) is 17.2 Å². The fraction of sp³-hybridized carbons (Fsp3) is 0.303. The summed E-state index contributed by atoms with van der Waals surface area (Å²) in [7, 11) is 1.60. The number of para-hydroxylation sites is 1. The molecule has 1 saturated heterocycles. The number of Topliss-reactive ketones (excluding diaryl/α,β-unsaturated/α-hetero) is 2. The molecule has 4 heterocycles. The van der Waals surface area contributed by atoms with E-state index in [0.29, 0.717) is 34.1 Å². The molecule has 0 unspecified atom stereocenters. The zero-order chi connectivity index (χ0) is 28.7. The largest absolute Gasteiger partial charge is 0.497 e. The molecular formula is C33H30N2O6. The van der Waals surface area contributed by atoms with Gasteiger partial charge in [-0.05, 0) is 48.0 Å². The number of ketones is 2. The number of fused-ring (bicyclic) bond motifs is 7. The Hall–Kier alpha value is -4.59. The van der Waals surface area contributed by atoms with Crippen LogP contribution in [0.5, 0.6) is 17.2 Å². The summed E-state index contributed by atoms with van der Waals surface area (Å²) in [6.07, 6.45) is 3.92. The highest BCUT2D eigenvalue weighted by Crippen LogP contribution is 2.58. The van der Waals surface area contributed by atoms with Crippen molar-refractivity contribution in [2.24, 2.45) is 11.3 Å². The Morgan fingerprint density at radius 1 is 1.02 bits per heavy atom. The van der Waals surface area contributed by atoms with Crippen molar-refractivity contribution in [2.45, 2.75) is 38.3 Å². The van der Waals surface area contributed by atoms with Crippen molar-refractivity contribution in [3.63, 3.8) is 0 Å². The van der Waals surface area contributed by atoms with Crippen LogP contribution in [-0.2, 0) is 15.0 Å². The zero-order valence-corrected chi connectivity index (χ0v) is 23.3. The second-order valence-corrected chi connectivity index (χ2v) is 12.0. The van der Waals surface area contributed by atoms with Crippen LogP contribution in [0.2, 0.25) is 0 Å². The first-order chi connectivity index (χ1) is 19.7. The summed E-state index contributed by atoms with van der Waals surface area (Å²) in [6.45, 7) is 5.64. The molecule has 0 aliphatic carbocycles. The molecule has 208 valence electrons. The van der Waals surface area contributed by atoms with E-state index in [1.54, 1.807) is 25.3 Å². The first-order valence-electron chi connectivity index (χ1n) is 13.7. The highest BCUT2D eigenvalue weighted by molar-refractivity contribution is 6.17. The molecule has 41 heavy (non-hydrogen) atoms. The van der Waals surface area contributed by atoms with Gasteiger partial charge in [-0.25, -0.2) is 0 Å². The number of ether oxygens (including phenoxy) is 3. The van der Waals surface area contributed by atoms with Gasteiger partial charge in [-0.2, -0.15) is 0 Å². The van der Waals surface area contributed by atoms with Crippen LogP contribution in [0, 0.1) is 11.3 Å². The maximum Gasteiger partial charge on any atom is 0.238 e. The summed E-state index contributed by atoms with van der Waals surface area (Å²) in [6, 6.07) is 16.7. The number of nitrogens with one attached hydrogen (secondary N) is 1. The van der Waals surface area contributed by atoms with Crippen LogP contribution in [0.4, 0.5) is 11.4 Å². The molecule has 1 spiro atoms. The van der Waals surface area contributed by atoms with Crippen molar-refractivity contribution in [2.75, 3.05) is 24.1 Å². The second-order valence-electron chi connectivity index (χ2n) is 12.0. The number of anilines is 2. The molecule has 1 N–H and O–H groups in total. The van der Waals surface area contributed by atoms with E-state index in [4.69, 9.17) is 14.2 Å². The number of carbonyl (C=O) groups is 3. The molecule has 8 heteroatoms. The fourth-order valence-corrected chi connectivity index (χ4v) is 6.96. The highest BCUT2D eigenvalue weighted by Gasteiger charge is 2.70. The van der Waals surface area contributed by atoms with Gasteiger partial charge in [0.2, 0.25) is 12.7 Å². The van der Waals surface area contributed by atoms with Crippen LogP contribution in [0.3, 0.4) is 0 Å². The number of nitrogens with zero attached hydrogens (tertiary/aromatic N) is 1. The molecule has 7 rings (SSSR count). The molecular weight excluding hydrogens is 520 g/mol. The van der Waals surface area contributed by atoms with Gasteiger partial charge in [0.25, 0.3) is 0 Å². The van der Waals surface area contributed by atoms with Gasteiger partial charge in [0.05, 0.1) is 19.1 Å². The molecule has 3 aromatic rings. The summed E-state index contributed by atoms with van der Waals surface area (Å²) in [5.74, 6) is -0.0376. The van der Waals surface area contributed by atoms with Crippen LogP contribution in [0.15, 0.2) is 66.7 Å². The predicted octanol–water partition coefficient (Wildman–Crippen LogP) is 5.01. The Labute approximate surface area is 237 Å². The van der Waals surface area contributed by atoms with Gasteiger partial charge < -0.3 is 24.4 Å². The summed E-state index contributed by atoms with van der Waals surface area (Å²) in [5, 5.41) is 3.05. The van der Waals surface area contributed by atoms with Crippen molar-refractivity contribution >= 4 is 34.9 Å². The Morgan fingerprint density at radius 3 is 2.59 bits per heavy atom. The van der Waals surface area contributed by atoms with E-state index in [9.17, 15) is 14.4 Å². The van der Waals surface area contributed by atoms with Gasteiger partial charge in [0.15, 0.2) is 23.1 Å². The van der Waals surface area contributed by atoms with Crippen LogP contribution in [0.1, 0.15) is 42.3 Å². The molecule has 4 aliphatic rings. The summed E-state index contributed by atoms with van der Waals surface area (Å²) >= 11 is 0. The third kappa shape index (κ3) is 3.43. The van der Waals surface area contributed by atoms with E-state index < -0.39 is 28.8 Å². The minimum absolute atomic E-state index is 0.0716. The lowest BCUT2D eigenvalue weighted by atomic mass is 9.63. The molecule has 4 aliphatic heterocycles. The van der Waals surface area contributed by atoms with E-state index in [0.717, 1.165) is 11.3 Å². The minimum Gasteiger partial charge on any atom is -0.497 e. The topological polar surface area (TPSA) is 94.2 Å². The second kappa shape index (κ2) is 8.70. The van der Waals surface area contributed by atoms with Crippen molar-refractivity contribution in [1.29, 1.82) is 0 Å². The third-order valence-corrected chi connectivity index (χ3v) is 8.79. The molecule has 0 aromatic heterocycles. The van der Waals surface area contributed by atoms with Crippen LogP contribution >= 0.6 is 0 Å². The lowest BCUT2D eigenvalue weighted by Crippen LogP contribution is -2.51. The predicted molar refractivity (Wildman–Crippen MR) is 154 cm³/mol. The molecule has 0 bridgehead atoms. The van der Waals surface area contributed by atoms with Crippen LogP contribution < -0.4 is 24.4 Å². The van der Waals surface area contributed by atoms with Gasteiger partial charge in [-0.15, -0.1) is 0 Å². The number of benzene rings is 3. The average Bonchev–Trinajstić information content (AvgIpc) is 3.64. The number of amides is 1. The average molecular weight is 551 g/mol. The number of hydrogen-bond acceptors (Lipinski definition) is 7. The first-order valence-corrected chi connectivity index (χ1v) is 13.7. The van der Waals surface area contributed by atoms with E-state index in [2.05, 4.69) is 5.32 Å². The SMILES string of the molecule is COc1ccc2c(c1)C=C[C@H]1N2[C@H](C(=O)C(C)(C)C)[C@H](C(=O)c2ccc3c(c2)OCO3)[C@]12C(=O)Nc1ccccc12. The van der Waals surface area contributed by atoms with Gasteiger partial charge in [-0.1, -0.05) is 51.1 Å². The van der Waals surface area contributed by atoms with Crippen molar-refractivity contribution in [3.8, 4) is 17.2 Å². The van der Waals surface area contributed by atoms with Crippen molar-refractivity contribution in [3.05, 3.63) is 83.4 Å². The van der Waals surface area contributed by atoms with Gasteiger partial charge in [-0.3, -0.25) is 14.4 Å². The molecule has 0 saturated carbocycles. The third-order valence-electron chi connectivity index (χ3n) is 8.79. The highest BCUT2D eigenvalue weighted by atomic mass is 16.7. The summed E-state index contributed by atoms with van der Waals surface area (Å²) < 4.78 is 16.5. The molecule has 1 fully saturated rings. The smallest absolute Gasteiger partial charge is 0.238 e. The van der Waals surface area contributed by atoms with Crippen LogP contribution in [0.25, 0.3) is 6.08 Å². The summed E-state index contributed by atoms with van der Waals surface area (Å²) in [5.41, 5.74) is 1.20. The van der Waals surface area contributed by atoms with Gasteiger partial charge in [0, 0.05) is 27.9 Å². The molecule has 0 radical (unpaired) electrons. The molecule has 3 aromatic carbocycles. The molecule has 1 amide bonds. The van der Waals surface area contributed by atoms with E-state index >= 15 is 0 Å². The van der Waals surface area contributed by atoms with E-state index in [1.165, 1.54) is 0 Å². The van der Waals surface area contributed by atoms with Gasteiger partial charge >= 0.3 is 0 Å². The van der Waals surface area contributed by atoms with E-state index in [-0.39, 0.29) is 24.3 Å². The fourth-order valence-electron chi connectivity index (χ4n) is 6.96. The Bertz CT molecular complexity index is 1670. The van der Waals surface area contributed by atoms with Crippen molar-refractivity contribution in [1.82, 2.24) is 0 Å². The standard InChI is InChI=1S/C33H30N2O6/c1-32(2,3)30(37)28-27(29(36)19-9-13-24-25(16-19)41-17-40-24)33(21-7-5-6-8-22(21)34-31(33)38)26-14-10-18-15-20(39-4)11-12-23(18)35(26)28/h5-16,26-28H,17H2,1-4H3,(H,34,38)/t26-,27-,28+,33-/m1/s1. The monoisotopic (exact) mass is 550 g/mol. The minimum atomic E-state index is -1.36. The number of rotatable bonds is 4. The molecule has 8 nitrogen and oxygen atoms in total. The maximum atomic E-state index is 14.9. The number of hydrogen-bond donors (Lipinski definition) is 1. The quantitative estimate of drug-likeness (QED) is 0.457.